The number of methoxy groups -OCH3 is 2. The van der Waals surface area contributed by atoms with Gasteiger partial charge in [0, 0.05) is 20.6 Å². The van der Waals surface area contributed by atoms with Gasteiger partial charge in [-0.2, -0.15) is 0 Å². The highest BCUT2D eigenvalue weighted by Gasteiger charge is 2.41. The van der Waals surface area contributed by atoms with Crippen LogP contribution in [0, 0.1) is 12.3 Å². The lowest BCUT2D eigenvalue weighted by Gasteiger charge is -2.27. The fourth-order valence-electron chi connectivity index (χ4n) is 5.76. The van der Waals surface area contributed by atoms with Crippen molar-refractivity contribution in [3.8, 4) is 12.3 Å². The number of hydrogen-bond donors (Lipinski definition) is 0. The van der Waals surface area contributed by atoms with E-state index in [9.17, 15) is 0 Å². The van der Waals surface area contributed by atoms with E-state index in [0.29, 0.717) is 13.2 Å². The van der Waals surface area contributed by atoms with Gasteiger partial charge in [0.25, 0.3) is 0 Å². The van der Waals surface area contributed by atoms with Crippen molar-refractivity contribution in [2.75, 3.05) is 27.8 Å². The van der Waals surface area contributed by atoms with Crippen LogP contribution in [0.2, 0.25) is 0 Å². The highest BCUT2D eigenvalue weighted by atomic mass is 16.7. The largest absolute Gasteiger partial charge is 0.370 e. The number of terminal acetylenes is 1. The summed E-state index contributed by atoms with van der Waals surface area (Å²) in [5.74, 6) is 2.71. The smallest absolute Gasteiger partial charge is 0.146 e. The van der Waals surface area contributed by atoms with E-state index in [1.165, 1.54) is 77.0 Å². The molecule has 2 fully saturated rings. The lowest BCUT2D eigenvalue weighted by molar-refractivity contribution is -0.156. The molecule has 2 rings (SSSR count). The zero-order valence-electron chi connectivity index (χ0n) is 24.1. The van der Waals surface area contributed by atoms with Crippen molar-refractivity contribution in [3.63, 3.8) is 0 Å². The van der Waals surface area contributed by atoms with Crippen LogP contribution in [0.15, 0.2) is 0 Å². The van der Waals surface area contributed by atoms with E-state index >= 15 is 0 Å². The minimum atomic E-state index is -0.129. The Hall–Kier alpha value is -0.680. The van der Waals surface area contributed by atoms with Crippen LogP contribution in [0.1, 0.15) is 122 Å². The van der Waals surface area contributed by atoms with E-state index in [1.807, 2.05) is 0 Å². The topological polar surface area (TPSA) is 55.4 Å². The van der Waals surface area contributed by atoms with Crippen LogP contribution >= 0.6 is 0 Å². The summed E-state index contributed by atoms with van der Waals surface area (Å²) in [5, 5.41) is 0. The van der Waals surface area contributed by atoms with Gasteiger partial charge in [0.15, 0.2) is 0 Å². The van der Waals surface area contributed by atoms with Crippen molar-refractivity contribution < 1.29 is 28.4 Å². The Labute approximate surface area is 227 Å². The summed E-state index contributed by atoms with van der Waals surface area (Å²) in [7, 11) is 3.31. The number of hydrogen-bond acceptors (Lipinski definition) is 6. The maximum absolute atomic E-state index is 6.52. The molecule has 37 heavy (non-hydrogen) atoms. The van der Waals surface area contributed by atoms with E-state index in [-0.39, 0.29) is 43.4 Å². The Bertz CT molecular complexity index is 579. The average Bonchev–Trinajstić information content (AvgIpc) is 3.59. The van der Waals surface area contributed by atoms with E-state index in [4.69, 9.17) is 34.8 Å². The minimum absolute atomic E-state index is 0.000413. The molecule has 2 heterocycles. The summed E-state index contributed by atoms with van der Waals surface area (Å²) in [6.45, 7) is 2.83. The summed E-state index contributed by atoms with van der Waals surface area (Å²) in [6.07, 6.45) is 27.6. The summed E-state index contributed by atoms with van der Waals surface area (Å²) >= 11 is 0. The molecule has 0 aromatic heterocycles. The zero-order valence-corrected chi connectivity index (χ0v) is 24.1. The Kier molecular flexibility index (Phi) is 18.6. The van der Waals surface area contributed by atoms with Crippen LogP contribution < -0.4 is 0 Å². The van der Waals surface area contributed by atoms with E-state index in [0.717, 1.165) is 32.1 Å². The molecule has 2 aliphatic rings. The third kappa shape index (κ3) is 13.3. The molecule has 0 aromatic carbocycles. The van der Waals surface area contributed by atoms with Crippen LogP contribution in [0.25, 0.3) is 0 Å². The summed E-state index contributed by atoms with van der Waals surface area (Å²) in [4.78, 5) is 0. The summed E-state index contributed by atoms with van der Waals surface area (Å²) in [6, 6.07) is 0. The molecule has 2 aliphatic heterocycles. The van der Waals surface area contributed by atoms with Gasteiger partial charge >= 0.3 is 0 Å². The van der Waals surface area contributed by atoms with Crippen LogP contribution in [0.3, 0.4) is 0 Å². The number of rotatable bonds is 23. The van der Waals surface area contributed by atoms with Crippen molar-refractivity contribution in [3.05, 3.63) is 0 Å². The summed E-state index contributed by atoms with van der Waals surface area (Å²) in [5.41, 5.74) is 0. The second-order valence-electron chi connectivity index (χ2n) is 10.9. The van der Waals surface area contributed by atoms with Crippen LogP contribution in [0.5, 0.6) is 0 Å². The third-order valence-electron chi connectivity index (χ3n) is 7.88. The molecule has 0 N–H and O–H groups in total. The highest BCUT2D eigenvalue weighted by molar-refractivity contribution is 4.94. The van der Waals surface area contributed by atoms with Crippen LogP contribution in [0.4, 0.5) is 0 Å². The fraction of sp³-hybridized carbons (Fsp3) is 0.935. The van der Waals surface area contributed by atoms with Crippen molar-refractivity contribution in [2.24, 2.45) is 0 Å². The third-order valence-corrected chi connectivity index (χ3v) is 7.88. The predicted molar refractivity (Wildman–Crippen MR) is 148 cm³/mol. The molecule has 216 valence electrons. The lowest BCUT2D eigenvalue weighted by atomic mass is 10.0. The second-order valence-corrected chi connectivity index (χ2v) is 10.9. The monoisotopic (exact) mass is 524 g/mol. The first-order valence-corrected chi connectivity index (χ1v) is 15.2. The molecule has 0 spiro atoms. The first-order chi connectivity index (χ1) is 18.2. The lowest BCUT2D eigenvalue weighted by Crippen LogP contribution is -2.35. The van der Waals surface area contributed by atoms with Crippen molar-refractivity contribution in [1.82, 2.24) is 0 Å². The number of unbranched alkanes of at least 4 members (excludes halogenated alkanes) is 11. The SMILES string of the molecule is C#CC[C@@H](OCOC)[C@H]1CC[C@H]([C@H]2CC[C@H]([C@@H](CCCCCCCCCCCCCC)OCOC)O2)O1. The molecule has 6 nitrogen and oxygen atoms in total. The van der Waals surface area contributed by atoms with Gasteiger partial charge in [-0.3, -0.25) is 0 Å². The van der Waals surface area contributed by atoms with Gasteiger partial charge in [-0.1, -0.05) is 84.0 Å². The van der Waals surface area contributed by atoms with Gasteiger partial charge in [0.2, 0.25) is 0 Å². The van der Waals surface area contributed by atoms with Crippen molar-refractivity contribution in [2.45, 2.75) is 159 Å². The Morgan fingerprint density at radius 2 is 1.14 bits per heavy atom. The maximum Gasteiger partial charge on any atom is 0.146 e. The van der Waals surface area contributed by atoms with E-state index in [2.05, 4.69) is 12.8 Å². The number of ether oxygens (including phenoxy) is 6. The zero-order chi connectivity index (χ0) is 26.6. The quantitative estimate of drug-likeness (QED) is 0.0802. The van der Waals surface area contributed by atoms with Crippen molar-refractivity contribution >= 4 is 0 Å². The molecule has 0 amide bonds. The second kappa shape index (κ2) is 21.2. The molecule has 0 unspecified atom stereocenters. The van der Waals surface area contributed by atoms with Gasteiger partial charge in [0.05, 0.1) is 36.6 Å². The predicted octanol–water partition coefficient (Wildman–Crippen LogP) is 7.17. The molecular weight excluding hydrogens is 468 g/mol. The Balaban J connectivity index is 1.64. The van der Waals surface area contributed by atoms with E-state index in [1.54, 1.807) is 14.2 Å². The average molecular weight is 525 g/mol. The first-order valence-electron chi connectivity index (χ1n) is 15.2. The summed E-state index contributed by atoms with van der Waals surface area (Å²) < 4.78 is 35.0. The molecule has 2 saturated heterocycles. The van der Waals surface area contributed by atoms with Gasteiger partial charge in [-0.25, -0.2) is 0 Å². The Morgan fingerprint density at radius 3 is 1.62 bits per heavy atom. The maximum atomic E-state index is 6.52. The first kappa shape index (κ1) is 32.5. The van der Waals surface area contributed by atoms with Gasteiger partial charge in [-0.15, -0.1) is 12.3 Å². The van der Waals surface area contributed by atoms with E-state index < -0.39 is 0 Å². The molecule has 6 atom stereocenters. The Morgan fingerprint density at radius 1 is 0.676 bits per heavy atom. The molecule has 6 heteroatoms. The molecule has 0 aliphatic carbocycles. The van der Waals surface area contributed by atoms with Crippen LogP contribution in [-0.2, 0) is 28.4 Å². The van der Waals surface area contributed by atoms with Gasteiger partial charge < -0.3 is 28.4 Å². The standard InChI is InChI=1S/C31H56O6/c1-5-7-8-9-10-11-12-13-14-15-16-17-19-27(35-25-33-4)29-21-23-31(37-29)30-22-20-28(36-30)26(18-6-2)34-24-32-3/h2,26-31H,5,7-25H2,1,3-4H3/t26-,27-,28-,29-,30-,31-/m1/s1. The molecule has 0 radical (unpaired) electrons. The fourth-order valence-corrected chi connectivity index (χ4v) is 5.76. The highest BCUT2D eigenvalue weighted by Crippen LogP contribution is 2.35. The molecular formula is C31H56O6. The molecule has 0 saturated carbocycles. The molecule has 0 bridgehead atoms. The van der Waals surface area contributed by atoms with Crippen molar-refractivity contribution in [1.29, 1.82) is 0 Å². The van der Waals surface area contributed by atoms with Gasteiger partial charge in [0.1, 0.15) is 13.6 Å². The minimum Gasteiger partial charge on any atom is -0.370 e. The van der Waals surface area contributed by atoms with Gasteiger partial charge in [-0.05, 0) is 32.1 Å². The van der Waals surface area contributed by atoms with Crippen LogP contribution in [-0.4, -0.2) is 64.4 Å². The normalized spacial score (nSPS) is 25.4. The molecule has 0 aromatic rings.